The average molecular weight is 668 g/mol. The molecule has 0 bridgehead atoms. The van der Waals surface area contributed by atoms with Crippen molar-refractivity contribution in [2.75, 3.05) is 47.9 Å². The molecule has 19 nitrogen and oxygen atoms in total. The molecule has 246 valence electrons. The third-order valence-electron chi connectivity index (χ3n) is 6.98. The summed E-state index contributed by atoms with van der Waals surface area (Å²) in [7, 11) is -3.99. The predicted octanol–water partition coefficient (Wildman–Crippen LogP) is -1.02. The first-order chi connectivity index (χ1) is 20.7. The first kappa shape index (κ1) is 34.3. The minimum Gasteiger partial charge on any atom is -0.394 e. The summed E-state index contributed by atoms with van der Waals surface area (Å²) < 4.78 is 73.2. The topological polar surface area (TPSA) is 238 Å². The molecule has 10 atom stereocenters. The van der Waals surface area contributed by atoms with Crippen molar-refractivity contribution in [3.8, 4) is 0 Å². The molecule has 2 aromatic heterocycles. The number of H-pyrrole nitrogens is 2. The van der Waals surface area contributed by atoms with E-state index in [9.17, 15) is 33.4 Å². The standard InChI is InChI=1S/C23H34N4O15P2/c1-35-18-16(12(10-28)39-20(18)26-8-6-14(29)24-22(26)31)42-44(5,34)38-11-13-17(41-43(4,33)37-3)19(36-2)21(40-13)27-9-7-15(30)25-23(27)32/h6-9,12-13,16-21,28H,10-11H2,1-5H3,(H,24,29,31)(H,25,30,32)/t12-,13-,16+,17+,18?,19?,20-,21-,43?,44?/m1/s1. The molecule has 2 saturated heterocycles. The van der Waals surface area contributed by atoms with Gasteiger partial charge in [0, 0.05) is 59.2 Å². The van der Waals surface area contributed by atoms with Crippen molar-refractivity contribution in [2.24, 2.45) is 0 Å². The summed E-state index contributed by atoms with van der Waals surface area (Å²) >= 11 is 0. The van der Waals surface area contributed by atoms with Gasteiger partial charge in [-0.05, 0) is 0 Å². The number of rotatable bonds is 13. The summed E-state index contributed by atoms with van der Waals surface area (Å²) in [5.41, 5.74) is -2.92. The van der Waals surface area contributed by atoms with Crippen molar-refractivity contribution in [2.45, 2.75) is 49.1 Å². The zero-order chi connectivity index (χ0) is 32.4. The highest BCUT2D eigenvalue weighted by molar-refractivity contribution is 7.53. The molecule has 0 spiro atoms. The Kier molecular flexibility index (Phi) is 10.8. The Morgan fingerprint density at radius 2 is 1.23 bits per heavy atom. The summed E-state index contributed by atoms with van der Waals surface area (Å²) in [4.78, 5) is 52.2. The van der Waals surface area contributed by atoms with Crippen molar-refractivity contribution < 1.29 is 51.3 Å². The van der Waals surface area contributed by atoms with E-state index in [0.717, 1.165) is 27.9 Å². The first-order valence-corrected chi connectivity index (χ1v) is 17.0. The highest BCUT2D eigenvalue weighted by atomic mass is 31.2. The van der Waals surface area contributed by atoms with Gasteiger partial charge < -0.3 is 33.1 Å². The molecule has 21 heteroatoms. The second-order valence-corrected chi connectivity index (χ2v) is 14.0. The maximum atomic E-state index is 13.6. The molecular weight excluding hydrogens is 634 g/mol. The number of hydrogen-bond acceptors (Lipinski definition) is 15. The molecule has 0 aromatic carbocycles. The molecule has 2 fully saturated rings. The number of aliphatic hydroxyl groups excluding tert-OH is 1. The van der Waals surface area contributed by atoms with E-state index in [1.54, 1.807) is 0 Å². The minimum atomic E-state index is -4.06. The van der Waals surface area contributed by atoms with Crippen LogP contribution in [0.5, 0.6) is 0 Å². The Bertz CT molecular complexity index is 1640. The molecule has 2 aromatic rings. The van der Waals surface area contributed by atoms with E-state index in [4.69, 9.17) is 37.0 Å². The Hall–Kier alpha value is -2.54. The molecule has 0 amide bonds. The van der Waals surface area contributed by atoms with Gasteiger partial charge in [0.25, 0.3) is 11.1 Å². The molecule has 0 aliphatic carbocycles. The maximum absolute atomic E-state index is 13.6. The minimum absolute atomic E-state index is 0.506. The van der Waals surface area contributed by atoms with Gasteiger partial charge in [-0.1, -0.05) is 0 Å². The SMILES string of the molecule is COC1[C@@H](OP(C)(=O)OC)[C@@H](COP(C)(=O)O[C@@H]2C(OC)[C@H](n3ccc(=O)[nH]c3=O)O[C@@H]2CO)O[C@H]1n1ccc(=O)[nH]c1=O. The van der Waals surface area contributed by atoms with Crippen LogP contribution >= 0.6 is 15.2 Å². The Balaban J connectivity index is 1.56. The van der Waals surface area contributed by atoms with Crippen LogP contribution in [0.15, 0.2) is 43.7 Å². The molecule has 0 saturated carbocycles. The molecule has 2 aliphatic rings. The van der Waals surface area contributed by atoms with Crippen LogP contribution in [-0.4, -0.2) is 109 Å². The van der Waals surface area contributed by atoms with Crippen LogP contribution < -0.4 is 22.5 Å². The summed E-state index contributed by atoms with van der Waals surface area (Å²) in [6.45, 7) is 1.22. The summed E-state index contributed by atoms with van der Waals surface area (Å²) in [5.74, 6) is 0. The van der Waals surface area contributed by atoms with E-state index in [2.05, 4.69) is 9.97 Å². The van der Waals surface area contributed by atoms with Gasteiger partial charge in [-0.2, -0.15) is 0 Å². The zero-order valence-corrected chi connectivity index (χ0v) is 26.1. The Morgan fingerprint density at radius 1 is 0.773 bits per heavy atom. The lowest BCUT2D eigenvalue weighted by Gasteiger charge is -2.28. The monoisotopic (exact) mass is 668 g/mol. The van der Waals surface area contributed by atoms with Gasteiger partial charge in [0.05, 0.1) is 13.2 Å². The number of hydrogen-bond donors (Lipinski definition) is 3. The molecule has 2 aliphatic heterocycles. The lowest BCUT2D eigenvalue weighted by molar-refractivity contribution is -0.0630. The van der Waals surface area contributed by atoms with Gasteiger partial charge in [-0.25, -0.2) is 9.59 Å². The number of ether oxygens (including phenoxy) is 4. The van der Waals surface area contributed by atoms with Crippen molar-refractivity contribution in [1.29, 1.82) is 0 Å². The largest absolute Gasteiger partial charge is 0.394 e. The van der Waals surface area contributed by atoms with Gasteiger partial charge in [-0.15, -0.1) is 0 Å². The van der Waals surface area contributed by atoms with Gasteiger partial charge in [0.1, 0.15) is 36.6 Å². The first-order valence-electron chi connectivity index (χ1n) is 13.1. The summed E-state index contributed by atoms with van der Waals surface area (Å²) in [6, 6.07) is 2.18. The molecule has 44 heavy (non-hydrogen) atoms. The third kappa shape index (κ3) is 7.46. The smallest absolute Gasteiger partial charge is 0.330 e. The van der Waals surface area contributed by atoms with Crippen LogP contribution in [0.3, 0.4) is 0 Å². The van der Waals surface area contributed by atoms with Crippen molar-refractivity contribution in [3.05, 3.63) is 66.2 Å². The number of aliphatic hydroxyl groups is 1. The van der Waals surface area contributed by atoms with E-state index in [1.165, 1.54) is 40.4 Å². The number of aromatic amines is 2. The van der Waals surface area contributed by atoms with E-state index >= 15 is 0 Å². The maximum Gasteiger partial charge on any atom is 0.330 e. The molecule has 3 N–H and O–H groups in total. The summed E-state index contributed by atoms with van der Waals surface area (Å²) in [6.07, 6.45) is -6.88. The van der Waals surface area contributed by atoms with Crippen molar-refractivity contribution in [1.82, 2.24) is 19.1 Å². The third-order valence-corrected chi connectivity index (χ3v) is 9.51. The van der Waals surface area contributed by atoms with Gasteiger partial charge in [0.15, 0.2) is 12.5 Å². The predicted molar refractivity (Wildman–Crippen MR) is 149 cm³/mol. The van der Waals surface area contributed by atoms with Gasteiger partial charge >= 0.3 is 26.6 Å². The van der Waals surface area contributed by atoms with E-state index < -0.39 is 100.0 Å². The molecular formula is C23H34N4O15P2. The lowest BCUT2D eigenvalue weighted by atomic mass is 10.1. The van der Waals surface area contributed by atoms with Gasteiger partial charge in [-0.3, -0.25) is 46.9 Å². The van der Waals surface area contributed by atoms with Crippen LogP contribution in [-0.2, 0) is 46.2 Å². The Labute approximate surface area is 249 Å². The lowest BCUT2D eigenvalue weighted by Crippen LogP contribution is -2.40. The number of aromatic nitrogens is 4. The zero-order valence-electron chi connectivity index (χ0n) is 24.3. The molecule has 4 rings (SSSR count). The summed E-state index contributed by atoms with van der Waals surface area (Å²) in [5, 5.41) is 9.95. The van der Waals surface area contributed by atoms with Crippen LogP contribution in [0.2, 0.25) is 0 Å². The van der Waals surface area contributed by atoms with Crippen molar-refractivity contribution in [3.63, 3.8) is 0 Å². The fourth-order valence-electron chi connectivity index (χ4n) is 4.88. The quantitative estimate of drug-likeness (QED) is 0.217. The van der Waals surface area contributed by atoms with Crippen LogP contribution in [0.1, 0.15) is 12.5 Å². The fraction of sp³-hybridized carbons (Fsp3) is 0.652. The van der Waals surface area contributed by atoms with E-state index in [1.807, 2.05) is 0 Å². The normalized spacial score (nSPS) is 31.5. The highest BCUT2D eigenvalue weighted by Gasteiger charge is 2.52. The van der Waals surface area contributed by atoms with Crippen molar-refractivity contribution >= 4 is 15.2 Å². The average Bonchev–Trinajstić information content (AvgIpc) is 3.48. The second kappa shape index (κ2) is 13.8. The van der Waals surface area contributed by atoms with E-state index in [0.29, 0.717) is 0 Å². The van der Waals surface area contributed by atoms with E-state index in [-0.39, 0.29) is 0 Å². The fourth-order valence-corrected chi connectivity index (χ4v) is 6.84. The van der Waals surface area contributed by atoms with Crippen LogP contribution in [0.25, 0.3) is 0 Å². The molecule has 0 radical (unpaired) electrons. The second-order valence-electron chi connectivity index (χ2n) is 9.91. The van der Waals surface area contributed by atoms with Crippen LogP contribution in [0, 0.1) is 0 Å². The molecule has 4 heterocycles. The Morgan fingerprint density at radius 3 is 1.66 bits per heavy atom. The van der Waals surface area contributed by atoms with Crippen LogP contribution in [0.4, 0.5) is 0 Å². The van der Waals surface area contributed by atoms with Gasteiger partial charge in [0.2, 0.25) is 0 Å². The molecule has 4 unspecified atom stereocenters. The number of nitrogens with one attached hydrogen (secondary N) is 2. The number of nitrogens with zero attached hydrogens (tertiary/aromatic N) is 2. The highest BCUT2D eigenvalue weighted by Crippen LogP contribution is 2.52. The number of methoxy groups -OCH3 is 2.